The third-order valence-corrected chi connectivity index (χ3v) is 4.79. The molecule has 1 saturated heterocycles. The maximum Gasteiger partial charge on any atom is 0.573 e. The van der Waals surface area contributed by atoms with Gasteiger partial charge >= 0.3 is 6.36 Å². The Labute approximate surface area is 151 Å². The molecule has 140 valence electrons. The lowest BCUT2D eigenvalue weighted by molar-refractivity contribution is -0.274. The van der Waals surface area contributed by atoms with Crippen LogP contribution in [0.15, 0.2) is 42.5 Å². The summed E-state index contributed by atoms with van der Waals surface area (Å²) in [6.07, 6.45) is -4.67. The van der Waals surface area contributed by atoms with Gasteiger partial charge in [-0.25, -0.2) is 0 Å². The molecule has 0 radical (unpaired) electrons. The Hall–Kier alpha value is -2.05. The van der Waals surface area contributed by atoms with E-state index in [2.05, 4.69) is 47.0 Å². The van der Waals surface area contributed by atoms with E-state index in [1.165, 1.54) is 23.3 Å². The molecule has 1 aliphatic heterocycles. The average molecular weight is 364 g/mol. The molecule has 2 aromatic rings. The molecule has 0 aromatic heterocycles. The third-order valence-electron chi connectivity index (χ3n) is 4.79. The van der Waals surface area contributed by atoms with Crippen molar-refractivity contribution in [2.24, 2.45) is 0 Å². The van der Waals surface area contributed by atoms with Gasteiger partial charge in [-0.3, -0.25) is 4.90 Å². The first-order valence-corrected chi connectivity index (χ1v) is 8.71. The molecular weight excluding hydrogens is 341 g/mol. The molecule has 1 fully saturated rings. The van der Waals surface area contributed by atoms with Crippen LogP contribution in [0.2, 0.25) is 0 Å². The molecule has 0 spiro atoms. The van der Waals surface area contributed by atoms with E-state index in [0.29, 0.717) is 0 Å². The Kier molecular flexibility index (Phi) is 5.53. The van der Waals surface area contributed by atoms with Crippen molar-refractivity contribution in [1.82, 2.24) is 10.2 Å². The predicted molar refractivity (Wildman–Crippen MR) is 95.3 cm³/mol. The number of nitrogens with zero attached hydrogens (tertiary/aromatic N) is 1. The molecule has 0 aliphatic carbocycles. The number of halogens is 3. The Morgan fingerprint density at radius 1 is 0.923 bits per heavy atom. The number of ether oxygens (including phenoxy) is 1. The van der Waals surface area contributed by atoms with Crippen molar-refractivity contribution in [3.63, 3.8) is 0 Å². The standard InChI is InChI=1S/C20H23F3N2O/c1-14-3-4-17(13-15(14)2)19(25-11-9-24-10-12-25)16-5-7-18(8-6-16)26-20(21,22)23/h3-8,13,19,24H,9-12H2,1-2H3/t19-/m1/s1. The summed E-state index contributed by atoms with van der Waals surface area (Å²) in [4.78, 5) is 2.36. The van der Waals surface area contributed by atoms with Gasteiger partial charge in [-0.2, -0.15) is 0 Å². The van der Waals surface area contributed by atoms with Gasteiger partial charge in [0.15, 0.2) is 0 Å². The van der Waals surface area contributed by atoms with Crippen LogP contribution in [0.25, 0.3) is 0 Å². The molecule has 1 heterocycles. The van der Waals surface area contributed by atoms with E-state index in [-0.39, 0.29) is 11.8 Å². The minimum absolute atomic E-state index is 0.0105. The predicted octanol–water partition coefficient (Wildman–Crippen LogP) is 4.20. The summed E-state index contributed by atoms with van der Waals surface area (Å²) in [7, 11) is 0. The lowest BCUT2D eigenvalue weighted by atomic mass is 9.94. The van der Waals surface area contributed by atoms with Gasteiger partial charge in [-0.15, -0.1) is 13.2 Å². The number of nitrogens with one attached hydrogen (secondary N) is 1. The summed E-state index contributed by atoms with van der Waals surface area (Å²) in [5.74, 6) is -0.194. The summed E-state index contributed by atoms with van der Waals surface area (Å²) < 4.78 is 41.2. The summed E-state index contributed by atoms with van der Waals surface area (Å²) in [6.45, 7) is 7.72. The second-order valence-corrected chi connectivity index (χ2v) is 6.65. The van der Waals surface area contributed by atoms with E-state index in [1.807, 2.05) is 0 Å². The first-order valence-electron chi connectivity index (χ1n) is 8.71. The van der Waals surface area contributed by atoms with Crippen LogP contribution in [0.5, 0.6) is 5.75 Å². The van der Waals surface area contributed by atoms with E-state index in [0.717, 1.165) is 37.3 Å². The van der Waals surface area contributed by atoms with Crippen molar-refractivity contribution in [3.05, 3.63) is 64.7 Å². The lowest BCUT2D eigenvalue weighted by Gasteiger charge is -2.36. The van der Waals surface area contributed by atoms with Gasteiger partial charge in [0, 0.05) is 26.2 Å². The molecule has 1 atom stereocenters. The fourth-order valence-corrected chi connectivity index (χ4v) is 3.34. The van der Waals surface area contributed by atoms with Crippen LogP contribution in [0.4, 0.5) is 13.2 Å². The molecule has 26 heavy (non-hydrogen) atoms. The van der Waals surface area contributed by atoms with Crippen molar-refractivity contribution >= 4 is 0 Å². The monoisotopic (exact) mass is 364 g/mol. The fraction of sp³-hybridized carbons (Fsp3) is 0.400. The molecular formula is C20H23F3N2O. The largest absolute Gasteiger partial charge is 0.573 e. The van der Waals surface area contributed by atoms with Crippen LogP contribution < -0.4 is 10.1 Å². The second kappa shape index (κ2) is 7.68. The average Bonchev–Trinajstić information content (AvgIpc) is 2.59. The molecule has 3 rings (SSSR count). The van der Waals surface area contributed by atoms with Crippen molar-refractivity contribution in [1.29, 1.82) is 0 Å². The molecule has 0 unspecified atom stereocenters. The Balaban J connectivity index is 1.93. The minimum atomic E-state index is -4.67. The first-order chi connectivity index (χ1) is 12.3. The van der Waals surface area contributed by atoms with E-state index in [9.17, 15) is 13.2 Å². The number of alkyl halides is 3. The zero-order valence-electron chi connectivity index (χ0n) is 14.9. The zero-order valence-corrected chi connectivity index (χ0v) is 14.9. The van der Waals surface area contributed by atoms with Crippen LogP contribution in [0.1, 0.15) is 28.3 Å². The molecule has 0 saturated carbocycles. The lowest BCUT2D eigenvalue weighted by Crippen LogP contribution is -2.45. The van der Waals surface area contributed by atoms with Crippen molar-refractivity contribution < 1.29 is 17.9 Å². The smallest absolute Gasteiger partial charge is 0.406 e. The van der Waals surface area contributed by atoms with Gasteiger partial charge in [0.25, 0.3) is 0 Å². The van der Waals surface area contributed by atoms with Gasteiger partial charge < -0.3 is 10.1 Å². The SMILES string of the molecule is Cc1ccc([C@@H](c2ccc(OC(F)(F)F)cc2)N2CCNCC2)cc1C. The van der Waals surface area contributed by atoms with Gasteiger partial charge in [-0.1, -0.05) is 30.3 Å². The first kappa shape index (κ1) is 18.7. The van der Waals surface area contributed by atoms with Gasteiger partial charge in [0.2, 0.25) is 0 Å². The van der Waals surface area contributed by atoms with Crippen molar-refractivity contribution in [3.8, 4) is 5.75 Å². The van der Waals surface area contributed by atoms with E-state index >= 15 is 0 Å². The van der Waals surface area contributed by atoms with Gasteiger partial charge in [0.05, 0.1) is 6.04 Å². The number of piperazine rings is 1. The van der Waals surface area contributed by atoms with Crippen LogP contribution in [-0.2, 0) is 0 Å². The summed E-state index contributed by atoms with van der Waals surface area (Å²) >= 11 is 0. The highest BCUT2D eigenvalue weighted by Crippen LogP contribution is 2.32. The number of rotatable bonds is 4. The topological polar surface area (TPSA) is 24.5 Å². The van der Waals surface area contributed by atoms with Crippen LogP contribution in [0.3, 0.4) is 0 Å². The quantitative estimate of drug-likeness (QED) is 0.880. The highest BCUT2D eigenvalue weighted by molar-refractivity contribution is 5.39. The Morgan fingerprint density at radius 3 is 2.12 bits per heavy atom. The summed E-state index contributed by atoms with van der Waals surface area (Å²) in [5, 5.41) is 3.34. The number of hydrogen-bond acceptors (Lipinski definition) is 3. The second-order valence-electron chi connectivity index (χ2n) is 6.65. The molecule has 3 nitrogen and oxygen atoms in total. The molecule has 0 amide bonds. The summed E-state index contributed by atoms with van der Waals surface area (Å²) in [6, 6.07) is 12.6. The third kappa shape index (κ3) is 4.56. The maximum absolute atomic E-state index is 12.4. The number of hydrogen-bond donors (Lipinski definition) is 1. The van der Waals surface area contributed by atoms with E-state index in [1.54, 1.807) is 12.1 Å². The highest BCUT2D eigenvalue weighted by atomic mass is 19.4. The molecule has 6 heteroatoms. The van der Waals surface area contributed by atoms with Gasteiger partial charge in [0.1, 0.15) is 5.75 Å². The van der Waals surface area contributed by atoms with Crippen LogP contribution in [-0.4, -0.2) is 37.4 Å². The minimum Gasteiger partial charge on any atom is -0.406 e. The molecule has 2 aromatic carbocycles. The van der Waals surface area contributed by atoms with E-state index < -0.39 is 6.36 Å². The molecule has 0 bridgehead atoms. The van der Waals surface area contributed by atoms with Crippen molar-refractivity contribution in [2.75, 3.05) is 26.2 Å². The maximum atomic E-state index is 12.4. The summed E-state index contributed by atoms with van der Waals surface area (Å²) in [5.41, 5.74) is 4.55. The number of benzene rings is 2. The zero-order chi connectivity index (χ0) is 18.7. The van der Waals surface area contributed by atoms with E-state index in [4.69, 9.17) is 0 Å². The highest BCUT2D eigenvalue weighted by Gasteiger charge is 2.31. The Morgan fingerprint density at radius 2 is 1.54 bits per heavy atom. The Bertz CT molecular complexity index is 738. The van der Waals surface area contributed by atoms with Crippen molar-refractivity contribution in [2.45, 2.75) is 26.3 Å². The van der Waals surface area contributed by atoms with Gasteiger partial charge in [-0.05, 0) is 48.2 Å². The van der Waals surface area contributed by atoms with Crippen LogP contribution in [0, 0.1) is 13.8 Å². The molecule has 1 N–H and O–H groups in total. The fourth-order valence-electron chi connectivity index (χ4n) is 3.34. The number of aryl methyl sites for hydroxylation is 2. The normalized spacial score (nSPS) is 17.1. The van der Waals surface area contributed by atoms with Crippen LogP contribution >= 0.6 is 0 Å². The molecule has 1 aliphatic rings.